The summed E-state index contributed by atoms with van der Waals surface area (Å²) in [5.41, 5.74) is 1.94. The molecule has 4 nitrogen and oxygen atoms in total. The third-order valence-electron chi connectivity index (χ3n) is 3.93. The molecule has 0 radical (unpaired) electrons. The van der Waals surface area contributed by atoms with E-state index in [0.717, 1.165) is 28.6 Å². The maximum Gasteiger partial charge on any atom is 0.321 e. The van der Waals surface area contributed by atoms with E-state index in [4.69, 9.17) is 0 Å². The van der Waals surface area contributed by atoms with Crippen LogP contribution in [0.5, 0.6) is 0 Å². The Morgan fingerprint density at radius 2 is 2.10 bits per heavy atom. The minimum absolute atomic E-state index is 0.0650. The fourth-order valence-corrected chi connectivity index (χ4v) is 2.84. The van der Waals surface area contributed by atoms with Crippen LogP contribution in [-0.2, 0) is 0 Å². The van der Waals surface area contributed by atoms with Crippen LogP contribution < -0.4 is 5.32 Å². The Morgan fingerprint density at radius 1 is 1.45 bits per heavy atom. The highest BCUT2D eigenvalue weighted by molar-refractivity contribution is 9.10. The number of urea groups is 1. The van der Waals surface area contributed by atoms with Gasteiger partial charge in [-0.05, 0) is 50.3 Å². The van der Waals surface area contributed by atoms with Gasteiger partial charge in [0.25, 0.3) is 0 Å². The maximum absolute atomic E-state index is 12.2. The Balaban J connectivity index is 1.91. The van der Waals surface area contributed by atoms with E-state index in [9.17, 15) is 9.90 Å². The van der Waals surface area contributed by atoms with Gasteiger partial charge in [-0.3, -0.25) is 0 Å². The van der Waals surface area contributed by atoms with Gasteiger partial charge in [-0.15, -0.1) is 0 Å². The first-order chi connectivity index (χ1) is 9.47. The van der Waals surface area contributed by atoms with Crippen molar-refractivity contribution in [3.63, 3.8) is 0 Å². The molecular formula is C15H21BrN2O2. The van der Waals surface area contributed by atoms with Crippen LogP contribution >= 0.6 is 15.9 Å². The number of hydrogen-bond acceptors (Lipinski definition) is 2. The summed E-state index contributed by atoms with van der Waals surface area (Å²) in [6.07, 6.45) is 1.44. The molecule has 0 bridgehead atoms. The lowest BCUT2D eigenvalue weighted by atomic mass is 9.92. The van der Waals surface area contributed by atoms with E-state index in [1.165, 1.54) is 0 Å². The third-order valence-corrected chi connectivity index (χ3v) is 4.79. The van der Waals surface area contributed by atoms with Crippen molar-refractivity contribution < 1.29 is 9.90 Å². The smallest absolute Gasteiger partial charge is 0.321 e. The highest BCUT2D eigenvalue weighted by atomic mass is 79.9. The zero-order valence-corrected chi connectivity index (χ0v) is 13.5. The molecule has 2 rings (SSSR count). The van der Waals surface area contributed by atoms with Crippen LogP contribution in [0.1, 0.15) is 25.3 Å². The number of aliphatic hydroxyl groups is 1. The first kappa shape index (κ1) is 15.3. The van der Waals surface area contributed by atoms with Crippen LogP contribution in [0.3, 0.4) is 0 Å². The monoisotopic (exact) mass is 340 g/mol. The number of aryl methyl sites for hydroxylation is 1. The summed E-state index contributed by atoms with van der Waals surface area (Å²) in [6.45, 7) is 5.24. The van der Waals surface area contributed by atoms with Crippen LogP contribution in [-0.4, -0.2) is 35.2 Å². The second kappa shape index (κ2) is 6.59. The Bertz CT molecular complexity index is 483. The van der Waals surface area contributed by atoms with Crippen LogP contribution in [0, 0.1) is 12.8 Å². The molecular weight excluding hydrogens is 320 g/mol. The van der Waals surface area contributed by atoms with E-state index < -0.39 is 0 Å². The van der Waals surface area contributed by atoms with E-state index >= 15 is 0 Å². The molecule has 2 amide bonds. The summed E-state index contributed by atoms with van der Waals surface area (Å²) in [7, 11) is 0. The van der Waals surface area contributed by atoms with Gasteiger partial charge in [0.05, 0.1) is 6.10 Å². The van der Waals surface area contributed by atoms with Crippen LogP contribution in [0.2, 0.25) is 0 Å². The number of nitrogens with one attached hydrogen (secondary N) is 1. The van der Waals surface area contributed by atoms with Gasteiger partial charge in [0.15, 0.2) is 0 Å². The normalized spacial score (nSPS) is 17.9. The van der Waals surface area contributed by atoms with Crippen molar-refractivity contribution in [1.82, 2.24) is 4.90 Å². The molecule has 1 aromatic carbocycles. The van der Waals surface area contributed by atoms with Crippen molar-refractivity contribution in [3.05, 3.63) is 28.2 Å². The first-order valence-electron chi connectivity index (χ1n) is 6.97. The van der Waals surface area contributed by atoms with Crippen LogP contribution in [0.4, 0.5) is 10.5 Å². The molecule has 1 fully saturated rings. The van der Waals surface area contributed by atoms with Crippen molar-refractivity contribution >= 4 is 27.6 Å². The molecule has 1 aromatic rings. The summed E-state index contributed by atoms with van der Waals surface area (Å²) in [5.74, 6) is 0.313. The van der Waals surface area contributed by atoms with Gasteiger partial charge in [-0.25, -0.2) is 4.79 Å². The number of aliphatic hydroxyl groups excluding tert-OH is 1. The van der Waals surface area contributed by atoms with Crippen LogP contribution in [0.25, 0.3) is 0 Å². The highest BCUT2D eigenvalue weighted by Gasteiger charge is 2.25. The van der Waals surface area contributed by atoms with Crippen molar-refractivity contribution in [1.29, 1.82) is 0 Å². The Labute approximate surface area is 128 Å². The van der Waals surface area contributed by atoms with Gasteiger partial charge in [0, 0.05) is 23.2 Å². The van der Waals surface area contributed by atoms with E-state index in [2.05, 4.69) is 21.2 Å². The number of likely N-dealkylation sites (tertiary alicyclic amines) is 1. The first-order valence-corrected chi connectivity index (χ1v) is 7.77. The van der Waals surface area contributed by atoms with Gasteiger partial charge in [-0.1, -0.05) is 22.0 Å². The lowest BCUT2D eigenvalue weighted by Gasteiger charge is -2.33. The van der Waals surface area contributed by atoms with E-state index in [0.29, 0.717) is 19.0 Å². The summed E-state index contributed by atoms with van der Waals surface area (Å²) in [5, 5.41) is 12.5. The molecule has 0 aromatic heterocycles. The summed E-state index contributed by atoms with van der Waals surface area (Å²) in [4.78, 5) is 14.0. The lowest BCUT2D eigenvalue weighted by Crippen LogP contribution is -2.42. The van der Waals surface area contributed by atoms with Crippen molar-refractivity contribution in [2.24, 2.45) is 5.92 Å². The number of amides is 2. The van der Waals surface area contributed by atoms with E-state index in [1.807, 2.05) is 36.9 Å². The molecule has 20 heavy (non-hydrogen) atoms. The number of nitrogens with zero attached hydrogens (tertiary/aromatic N) is 1. The number of hydrogen-bond donors (Lipinski definition) is 2. The maximum atomic E-state index is 12.2. The molecule has 5 heteroatoms. The number of piperidine rings is 1. The SMILES string of the molecule is Cc1ccc(NC(=O)N2CCC(C(C)O)CC2)cc1Br. The van der Waals surface area contributed by atoms with Gasteiger partial charge < -0.3 is 15.3 Å². The molecule has 1 heterocycles. The van der Waals surface area contributed by atoms with Crippen LogP contribution in [0.15, 0.2) is 22.7 Å². The van der Waals surface area contributed by atoms with Crippen molar-refractivity contribution in [2.45, 2.75) is 32.8 Å². The molecule has 1 atom stereocenters. The lowest BCUT2D eigenvalue weighted by molar-refractivity contribution is 0.0820. The molecule has 1 aliphatic heterocycles. The van der Waals surface area contributed by atoms with E-state index in [1.54, 1.807) is 0 Å². The zero-order chi connectivity index (χ0) is 14.7. The fourth-order valence-electron chi connectivity index (χ4n) is 2.46. The standard InChI is InChI=1S/C15H21BrN2O2/c1-10-3-4-13(9-14(10)16)17-15(20)18-7-5-12(6-8-18)11(2)19/h3-4,9,11-12,19H,5-8H2,1-2H3,(H,17,20). The third kappa shape index (κ3) is 3.73. The fraction of sp³-hybridized carbons (Fsp3) is 0.533. The highest BCUT2D eigenvalue weighted by Crippen LogP contribution is 2.23. The summed E-state index contributed by atoms with van der Waals surface area (Å²) in [6, 6.07) is 5.72. The molecule has 110 valence electrons. The van der Waals surface area contributed by atoms with Gasteiger partial charge in [0.1, 0.15) is 0 Å². The summed E-state index contributed by atoms with van der Waals surface area (Å²) < 4.78 is 0.989. The summed E-state index contributed by atoms with van der Waals surface area (Å²) >= 11 is 3.46. The number of halogens is 1. The van der Waals surface area contributed by atoms with Crippen molar-refractivity contribution in [2.75, 3.05) is 18.4 Å². The average molecular weight is 341 g/mol. The van der Waals surface area contributed by atoms with E-state index in [-0.39, 0.29) is 12.1 Å². The largest absolute Gasteiger partial charge is 0.393 e. The number of benzene rings is 1. The Morgan fingerprint density at radius 3 is 2.65 bits per heavy atom. The number of carbonyl (C=O) groups is 1. The molecule has 1 saturated heterocycles. The Kier molecular flexibility index (Phi) is 5.05. The predicted octanol–water partition coefficient (Wildman–Crippen LogP) is 3.38. The molecule has 0 saturated carbocycles. The number of carbonyl (C=O) groups excluding carboxylic acids is 1. The molecule has 0 aliphatic carbocycles. The van der Waals surface area contributed by atoms with Gasteiger partial charge >= 0.3 is 6.03 Å². The minimum atomic E-state index is -0.284. The van der Waals surface area contributed by atoms with Crippen molar-refractivity contribution in [3.8, 4) is 0 Å². The molecule has 1 unspecified atom stereocenters. The van der Waals surface area contributed by atoms with Gasteiger partial charge in [-0.2, -0.15) is 0 Å². The minimum Gasteiger partial charge on any atom is -0.393 e. The Hall–Kier alpha value is -1.07. The molecule has 1 aliphatic rings. The molecule has 0 spiro atoms. The topological polar surface area (TPSA) is 52.6 Å². The predicted molar refractivity (Wildman–Crippen MR) is 83.9 cm³/mol. The second-order valence-electron chi connectivity index (χ2n) is 5.46. The number of rotatable bonds is 2. The average Bonchev–Trinajstić information content (AvgIpc) is 2.43. The zero-order valence-electron chi connectivity index (χ0n) is 11.9. The quantitative estimate of drug-likeness (QED) is 0.866. The molecule has 2 N–H and O–H groups in total. The number of anilines is 1. The van der Waals surface area contributed by atoms with Gasteiger partial charge in [0.2, 0.25) is 0 Å². The second-order valence-corrected chi connectivity index (χ2v) is 6.31.